The molecule has 1 aromatic rings. The van der Waals surface area contributed by atoms with Gasteiger partial charge in [-0.05, 0) is 46.1 Å². The molecule has 2 unspecified atom stereocenters. The summed E-state index contributed by atoms with van der Waals surface area (Å²) in [5.74, 6) is 0.249. The average molecular weight is 292 g/mol. The van der Waals surface area contributed by atoms with Crippen LogP contribution in [0.25, 0.3) is 0 Å². The molecule has 3 N–H and O–H groups in total. The van der Waals surface area contributed by atoms with Crippen molar-refractivity contribution in [2.45, 2.75) is 57.7 Å². The molecule has 2 aliphatic rings. The van der Waals surface area contributed by atoms with Crippen LogP contribution in [0.2, 0.25) is 0 Å². The van der Waals surface area contributed by atoms with Crippen molar-refractivity contribution in [3.8, 4) is 0 Å². The van der Waals surface area contributed by atoms with Crippen LogP contribution in [0.3, 0.4) is 0 Å². The number of carbonyl (C=O) groups is 1. The van der Waals surface area contributed by atoms with Crippen LogP contribution in [-0.4, -0.2) is 44.7 Å². The minimum absolute atomic E-state index is 0.127. The molecule has 3 rings (SSSR count). The first-order valence-corrected chi connectivity index (χ1v) is 7.83. The van der Waals surface area contributed by atoms with E-state index in [9.17, 15) is 9.90 Å². The van der Waals surface area contributed by atoms with Gasteiger partial charge in [-0.3, -0.25) is 0 Å². The molecule has 0 radical (unpaired) electrons. The number of nitrogens with two attached hydrogens (primary N) is 1. The van der Waals surface area contributed by atoms with Gasteiger partial charge in [0.05, 0.1) is 11.9 Å². The van der Waals surface area contributed by atoms with E-state index in [1.54, 1.807) is 0 Å². The number of imidazole rings is 1. The maximum absolute atomic E-state index is 11.5. The number of fused-ring (bicyclic) bond motifs is 1. The largest absolute Gasteiger partial charge is 0.476 e. The number of aromatic carboxylic acids is 1. The molecule has 1 saturated heterocycles. The topological polar surface area (TPSA) is 84.4 Å². The van der Waals surface area contributed by atoms with E-state index in [1.807, 2.05) is 4.57 Å². The van der Waals surface area contributed by atoms with Crippen LogP contribution >= 0.6 is 0 Å². The summed E-state index contributed by atoms with van der Waals surface area (Å²) in [6.45, 7) is 6.37. The van der Waals surface area contributed by atoms with E-state index in [1.165, 1.54) is 0 Å². The van der Waals surface area contributed by atoms with E-state index < -0.39 is 5.97 Å². The number of carboxylic acid groups (broad SMARTS) is 1. The molecule has 2 aliphatic heterocycles. The molecule has 0 spiro atoms. The molecule has 3 heterocycles. The SMILES string of the molecule is CC(C)N1CCC(c2nc(C(=O)O)c3n2C(N)CCC3)C1. The van der Waals surface area contributed by atoms with E-state index in [-0.39, 0.29) is 11.9 Å². The van der Waals surface area contributed by atoms with Gasteiger partial charge in [0.15, 0.2) is 5.69 Å². The fourth-order valence-corrected chi connectivity index (χ4v) is 3.63. The molecular weight excluding hydrogens is 268 g/mol. The summed E-state index contributed by atoms with van der Waals surface area (Å²) < 4.78 is 2.02. The Morgan fingerprint density at radius 1 is 1.43 bits per heavy atom. The van der Waals surface area contributed by atoms with Gasteiger partial charge in [0.1, 0.15) is 5.82 Å². The van der Waals surface area contributed by atoms with Crippen LogP contribution in [0.5, 0.6) is 0 Å². The Morgan fingerprint density at radius 3 is 2.81 bits per heavy atom. The monoisotopic (exact) mass is 292 g/mol. The van der Waals surface area contributed by atoms with Crippen molar-refractivity contribution in [3.05, 3.63) is 17.2 Å². The third-order valence-corrected chi connectivity index (χ3v) is 4.80. The summed E-state index contributed by atoms with van der Waals surface area (Å²) >= 11 is 0. The molecule has 0 aliphatic carbocycles. The number of nitrogens with zero attached hydrogens (tertiary/aromatic N) is 3. The molecule has 0 amide bonds. The third-order valence-electron chi connectivity index (χ3n) is 4.80. The zero-order valence-corrected chi connectivity index (χ0v) is 12.7. The molecule has 21 heavy (non-hydrogen) atoms. The third kappa shape index (κ3) is 2.46. The molecular formula is C15H24N4O2. The maximum atomic E-state index is 11.5. The Kier molecular flexibility index (Phi) is 3.75. The Balaban J connectivity index is 1.97. The molecule has 116 valence electrons. The van der Waals surface area contributed by atoms with Gasteiger partial charge in [-0.2, -0.15) is 0 Å². The lowest BCUT2D eigenvalue weighted by atomic mass is 10.0. The number of likely N-dealkylation sites (tertiary alicyclic amines) is 1. The number of aromatic nitrogens is 2. The maximum Gasteiger partial charge on any atom is 0.356 e. The predicted molar refractivity (Wildman–Crippen MR) is 79.4 cm³/mol. The zero-order valence-electron chi connectivity index (χ0n) is 12.7. The van der Waals surface area contributed by atoms with Crippen molar-refractivity contribution in [1.29, 1.82) is 0 Å². The van der Waals surface area contributed by atoms with Crippen molar-refractivity contribution in [3.63, 3.8) is 0 Å². The van der Waals surface area contributed by atoms with E-state index in [0.717, 1.165) is 50.3 Å². The minimum Gasteiger partial charge on any atom is -0.476 e. The quantitative estimate of drug-likeness (QED) is 0.883. The van der Waals surface area contributed by atoms with E-state index >= 15 is 0 Å². The summed E-state index contributed by atoms with van der Waals surface area (Å²) in [6.07, 6.45) is 3.51. The first kappa shape index (κ1) is 14.5. The molecule has 1 aromatic heterocycles. The summed E-state index contributed by atoms with van der Waals surface area (Å²) in [7, 11) is 0. The van der Waals surface area contributed by atoms with Crippen LogP contribution in [0.1, 0.15) is 67.2 Å². The standard InChI is InChI=1S/C15H24N4O2/c1-9(2)18-7-6-10(8-18)14-17-13(15(20)21)11-4-3-5-12(16)19(11)14/h9-10,12H,3-8,16H2,1-2H3,(H,20,21). The first-order chi connectivity index (χ1) is 9.99. The van der Waals surface area contributed by atoms with Crippen LogP contribution < -0.4 is 5.73 Å². The fraction of sp³-hybridized carbons (Fsp3) is 0.733. The van der Waals surface area contributed by atoms with Crippen LogP contribution in [-0.2, 0) is 6.42 Å². The number of hydrogen-bond donors (Lipinski definition) is 2. The summed E-state index contributed by atoms with van der Waals surface area (Å²) in [5.41, 5.74) is 7.27. The highest BCUT2D eigenvalue weighted by Gasteiger charge is 2.34. The van der Waals surface area contributed by atoms with Crippen LogP contribution in [0.4, 0.5) is 0 Å². The van der Waals surface area contributed by atoms with Crippen molar-refractivity contribution in [1.82, 2.24) is 14.5 Å². The van der Waals surface area contributed by atoms with Gasteiger partial charge in [-0.15, -0.1) is 0 Å². The zero-order chi connectivity index (χ0) is 15.1. The minimum atomic E-state index is -0.933. The highest BCUT2D eigenvalue weighted by Crippen LogP contribution is 2.34. The normalized spacial score (nSPS) is 26.3. The molecule has 0 bridgehead atoms. The fourth-order valence-electron chi connectivity index (χ4n) is 3.63. The van der Waals surface area contributed by atoms with Crippen molar-refractivity contribution in [2.24, 2.45) is 5.73 Å². The van der Waals surface area contributed by atoms with Gasteiger partial charge in [-0.25, -0.2) is 9.78 Å². The van der Waals surface area contributed by atoms with E-state index in [2.05, 4.69) is 23.7 Å². The molecule has 2 atom stereocenters. The highest BCUT2D eigenvalue weighted by atomic mass is 16.4. The molecule has 0 saturated carbocycles. The predicted octanol–water partition coefficient (Wildman–Crippen LogP) is 1.57. The van der Waals surface area contributed by atoms with E-state index in [4.69, 9.17) is 5.73 Å². The van der Waals surface area contributed by atoms with Gasteiger partial charge in [0, 0.05) is 18.5 Å². The van der Waals surface area contributed by atoms with Gasteiger partial charge in [0.2, 0.25) is 0 Å². The lowest BCUT2D eigenvalue weighted by Gasteiger charge is -2.26. The average Bonchev–Trinajstić information content (AvgIpc) is 3.03. The van der Waals surface area contributed by atoms with Crippen LogP contribution in [0, 0.1) is 0 Å². The van der Waals surface area contributed by atoms with Crippen molar-refractivity contribution in [2.75, 3.05) is 13.1 Å². The van der Waals surface area contributed by atoms with Gasteiger partial charge >= 0.3 is 5.97 Å². The second-order valence-electron chi connectivity index (χ2n) is 6.47. The summed E-state index contributed by atoms with van der Waals surface area (Å²) in [6, 6.07) is 0.512. The second kappa shape index (κ2) is 5.42. The Morgan fingerprint density at radius 2 is 2.19 bits per heavy atom. The van der Waals surface area contributed by atoms with Gasteiger partial charge < -0.3 is 20.3 Å². The van der Waals surface area contributed by atoms with Crippen LogP contribution in [0.15, 0.2) is 0 Å². The smallest absolute Gasteiger partial charge is 0.356 e. The van der Waals surface area contributed by atoms with Gasteiger partial charge in [-0.1, -0.05) is 0 Å². The lowest BCUT2D eigenvalue weighted by molar-refractivity contribution is 0.0689. The van der Waals surface area contributed by atoms with Gasteiger partial charge in [0.25, 0.3) is 0 Å². The molecule has 6 heteroatoms. The molecule has 1 fully saturated rings. The summed E-state index contributed by atoms with van der Waals surface area (Å²) in [5, 5.41) is 9.40. The molecule has 0 aromatic carbocycles. The van der Waals surface area contributed by atoms with E-state index in [0.29, 0.717) is 12.0 Å². The number of carboxylic acids is 1. The number of rotatable bonds is 3. The van der Waals surface area contributed by atoms with Crippen molar-refractivity contribution >= 4 is 5.97 Å². The Bertz CT molecular complexity index is 552. The Hall–Kier alpha value is -1.40. The highest BCUT2D eigenvalue weighted by molar-refractivity contribution is 5.87. The number of hydrogen-bond acceptors (Lipinski definition) is 4. The Labute approximate surface area is 124 Å². The van der Waals surface area contributed by atoms with Crippen molar-refractivity contribution < 1.29 is 9.90 Å². The second-order valence-corrected chi connectivity index (χ2v) is 6.47. The lowest BCUT2D eigenvalue weighted by Crippen LogP contribution is -2.30. The first-order valence-electron chi connectivity index (χ1n) is 7.83. The molecule has 6 nitrogen and oxygen atoms in total. The summed E-state index contributed by atoms with van der Waals surface area (Å²) in [4.78, 5) is 18.3.